The van der Waals surface area contributed by atoms with Gasteiger partial charge >= 0.3 is 5.97 Å². The molecule has 2 aromatic carbocycles. The Bertz CT molecular complexity index is 1140. The number of carboxylic acids is 1. The predicted octanol–water partition coefficient (Wildman–Crippen LogP) is 2.61. The summed E-state index contributed by atoms with van der Waals surface area (Å²) in [5.74, 6) is -3.01. The van der Waals surface area contributed by atoms with Gasteiger partial charge in [0.25, 0.3) is 5.78 Å². The van der Waals surface area contributed by atoms with E-state index in [2.05, 4.69) is 0 Å². The highest BCUT2D eigenvalue weighted by molar-refractivity contribution is 6.38. The molecular weight excluding hydrogens is 362 g/mol. The van der Waals surface area contributed by atoms with E-state index >= 15 is 0 Å². The fourth-order valence-electron chi connectivity index (χ4n) is 2.85. The first kappa shape index (κ1) is 18.9. The molecule has 3 rings (SSSR count). The highest BCUT2D eigenvalue weighted by Gasteiger charge is 2.16. The third kappa shape index (κ3) is 3.78. The highest BCUT2D eigenvalue weighted by Crippen LogP contribution is 2.18. The van der Waals surface area contributed by atoms with Gasteiger partial charge in [-0.3, -0.25) is 9.59 Å². The molecule has 0 fully saturated rings. The molecule has 7 heteroatoms. The van der Waals surface area contributed by atoms with Gasteiger partial charge in [0.05, 0.1) is 18.2 Å². The molecule has 0 atom stereocenters. The van der Waals surface area contributed by atoms with Gasteiger partial charge in [0.15, 0.2) is 5.43 Å². The Hall–Kier alpha value is -3.87. The van der Waals surface area contributed by atoms with Crippen LogP contribution in [-0.2, 0) is 16.1 Å². The molecule has 0 saturated heterocycles. The summed E-state index contributed by atoms with van der Waals surface area (Å²) in [4.78, 5) is 34.8. The van der Waals surface area contributed by atoms with E-state index in [-0.39, 0.29) is 5.56 Å². The topological polar surface area (TPSA) is 106 Å². The number of pyridine rings is 1. The summed E-state index contributed by atoms with van der Waals surface area (Å²) in [7, 11) is 1.57. The zero-order valence-corrected chi connectivity index (χ0v) is 15.0. The van der Waals surface area contributed by atoms with Crippen molar-refractivity contribution in [1.29, 1.82) is 0 Å². The number of carbonyl (C=O) groups is 2. The molecule has 1 aromatic heterocycles. The Morgan fingerprint density at radius 2 is 1.75 bits per heavy atom. The van der Waals surface area contributed by atoms with Gasteiger partial charge in [-0.25, -0.2) is 4.79 Å². The molecule has 0 unspecified atom stereocenters. The van der Waals surface area contributed by atoms with Crippen molar-refractivity contribution in [2.24, 2.45) is 0 Å². The average molecular weight is 379 g/mol. The van der Waals surface area contributed by atoms with Gasteiger partial charge in [-0.15, -0.1) is 0 Å². The Labute approximate surface area is 159 Å². The van der Waals surface area contributed by atoms with E-state index in [4.69, 9.17) is 9.84 Å². The number of aromatic nitrogens is 1. The second kappa shape index (κ2) is 7.79. The lowest BCUT2D eigenvalue weighted by atomic mass is 10.1. The molecular formula is C21H17NO6. The van der Waals surface area contributed by atoms with Crippen LogP contribution in [0.15, 0.2) is 65.6 Å². The minimum absolute atomic E-state index is 0.151. The highest BCUT2D eigenvalue weighted by atomic mass is 16.5. The SMILES string of the molecule is COc1ccc(Cn2cc(C(O)=CC(=O)C(=O)O)c(=O)c3ccccc32)cc1. The maximum atomic E-state index is 12.7. The summed E-state index contributed by atoms with van der Waals surface area (Å²) in [5, 5.41) is 19.2. The molecule has 0 aliphatic rings. The predicted molar refractivity (Wildman–Crippen MR) is 104 cm³/mol. The number of aliphatic carboxylic acids is 1. The third-order valence-electron chi connectivity index (χ3n) is 4.25. The van der Waals surface area contributed by atoms with Crippen molar-refractivity contribution >= 4 is 28.4 Å². The number of nitrogens with zero attached hydrogens (tertiary/aromatic N) is 1. The van der Waals surface area contributed by atoms with Crippen molar-refractivity contribution in [2.75, 3.05) is 7.11 Å². The normalized spacial score (nSPS) is 11.4. The number of hydrogen-bond donors (Lipinski definition) is 2. The molecule has 0 radical (unpaired) electrons. The van der Waals surface area contributed by atoms with Crippen LogP contribution in [0.1, 0.15) is 11.1 Å². The van der Waals surface area contributed by atoms with E-state index in [1.54, 1.807) is 35.9 Å². The molecule has 0 aliphatic carbocycles. The molecule has 7 nitrogen and oxygen atoms in total. The van der Waals surface area contributed by atoms with Crippen LogP contribution in [0, 0.1) is 0 Å². The Morgan fingerprint density at radius 3 is 2.39 bits per heavy atom. The van der Waals surface area contributed by atoms with Crippen LogP contribution in [0.5, 0.6) is 5.75 Å². The maximum absolute atomic E-state index is 12.7. The van der Waals surface area contributed by atoms with Crippen LogP contribution in [0.2, 0.25) is 0 Å². The summed E-state index contributed by atoms with van der Waals surface area (Å²) >= 11 is 0. The smallest absolute Gasteiger partial charge is 0.376 e. The van der Waals surface area contributed by atoms with Gasteiger partial charge in [-0.1, -0.05) is 24.3 Å². The molecule has 0 amide bonds. The number of rotatable bonds is 6. The number of benzene rings is 2. The second-order valence-electron chi connectivity index (χ2n) is 6.06. The second-order valence-corrected chi connectivity index (χ2v) is 6.06. The summed E-state index contributed by atoms with van der Waals surface area (Å²) in [6, 6.07) is 14.2. The van der Waals surface area contributed by atoms with E-state index in [1.165, 1.54) is 6.20 Å². The number of ether oxygens (including phenoxy) is 1. The molecule has 2 N–H and O–H groups in total. The number of aliphatic hydroxyl groups is 1. The number of aliphatic hydroxyl groups excluding tert-OH is 1. The number of methoxy groups -OCH3 is 1. The number of ketones is 1. The van der Waals surface area contributed by atoms with Crippen LogP contribution >= 0.6 is 0 Å². The molecule has 1 heterocycles. The van der Waals surface area contributed by atoms with Gasteiger partial charge in [-0.05, 0) is 29.8 Å². The largest absolute Gasteiger partial charge is 0.507 e. The zero-order valence-electron chi connectivity index (χ0n) is 15.0. The molecule has 0 saturated carbocycles. The van der Waals surface area contributed by atoms with Crippen LogP contribution < -0.4 is 10.2 Å². The van der Waals surface area contributed by atoms with Crippen molar-refractivity contribution in [3.05, 3.63) is 82.2 Å². The van der Waals surface area contributed by atoms with E-state index in [0.29, 0.717) is 29.3 Å². The van der Waals surface area contributed by atoms with Gasteiger partial charge in [0, 0.05) is 24.2 Å². The monoisotopic (exact) mass is 379 g/mol. The minimum atomic E-state index is -1.72. The van der Waals surface area contributed by atoms with Crippen molar-refractivity contribution in [1.82, 2.24) is 4.57 Å². The van der Waals surface area contributed by atoms with Crippen LogP contribution in [0.25, 0.3) is 16.7 Å². The van der Waals surface area contributed by atoms with Gasteiger partial charge < -0.3 is 19.5 Å². The first-order chi connectivity index (χ1) is 13.4. The summed E-state index contributed by atoms with van der Waals surface area (Å²) in [5.41, 5.74) is 0.922. The van der Waals surface area contributed by atoms with Crippen LogP contribution in [0.3, 0.4) is 0 Å². The molecule has 0 spiro atoms. The molecule has 0 aliphatic heterocycles. The maximum Gasteiger partial charge on any atom is 0.376 e. The van der Waals surface area contributed by atoms with Crippen molar-refractivity contribution in [3.63, 3.8) is 0 Å². The summed E-state index contributed by atoms with van der Waals surface area (Å²) in [6.07, 6.45) is 1.95. The Kier molecular flexibility index (Phi) is 5.26. The number of fused-ring (bicyclic) bond motifs is 1. The number of para-hydroxylation sites is 1. The van der Waals surface area contributed by atoms with E-state index in [9.17, 15) is 19.5 Å². The molecule has 3 aromatic rings. The fraction of sp³-hybridized carbons (Fsp3) is 0.0952. The Morgan fingerprint density at radius 1 is 1.07 bits per heavy atom. The number of carboxylic acid groups (broad SMARTS) is 1. The Balaban J connectivity index is 2.13. The van der Waals surface area contributed by atoms with Crippen molar-refractivity contribution < 1.29 is 24.5 Å². The fourth-order valence-corrected chi connectivity index (χ4v) is 2.85. The molecule has 28 heavy (non-hydrogen) atoms. The van der Waals surface area contributed by atoms with E-state index < -0.39 is 22.9 Å². The van der Waals surface area contributed by atoms with Crippen molar-refractivity contribution in [2.45, 2.75) is 6.54 Å². The van der Waals surface area contributed by atoms with Crippen LogP contribution in [0.4, 0.5) is 0 Å². The number of carbonyl (C=O) groups excluding carboxylic acids is 1. The molecule has 0 bridgehead atoms. The minimum Gasteiger partial charge on any atom is -0.507 e. The standard InChI is InChI=1S/C21H17NO6/c1-28-14-8-6-13(7-9-14)11-22-12-16(18(23)10-19(24)21(26)27)20(25)15-4-2-3-5-17(15)22/h2-10,12,23H,11H2,1H3,(H,26,27). The first-order valence-electron chi connectivity index (χ1n) is 8.34. The van der Waals surface area contributed by atoms with Crippen LogP contribution in [-0.4, -0.2) is 33.6 Å². The van der Waals surface area contributed by atoms with Gasteiger partial charge in [0.1, 0.15) is 11.5 Å². The van der Waals surface area contributed by atoms with Gasteiger partial charge in [-0.2, -0.15) is 0 Å². The van der Waals surface area contributed by atoms with Gasteiger partial charge in [0.2, 0.25) is 0 Å². The zero-order chi connectivity index (χ0) is 20.3. The summed E-state index contributed by atoms with van der Waals surface area (Å²) < 4.78 is 6.90. The lowest BCUT2D eigenvalue weighted by molar-refractivity contribution is -0.146. The first-order valence-corrected chi connectivity index (χ1v) is 8.34. The van der Waals surface area contributed by atoms with E-state index in [1.807, 2.05) is 24.3 Å². The van der Waals surface area contributed by atoms with E-state index in [0.717, 1.165) is 5.56 Å². The number of hydrogen-bond acceptors (Lipinski definition) is 5. The average Bonchev–Trinajstić information content (AvgIpc) is 2.70. The van der Waals surface area contributed by atoms with Crippen molar-refractivity contribution in [3.8, 4) is 5.75 Å². The third-order valence-corrected chi connectivity index (χ3v) is 4.25. The quantitative estimate of drug-likeness (QED) is 0.387. The lowest BCUT2D eigenvalue weighted by Gasteiger charge is -2.14. The molecule has 142 valence electrons. The lowest BCUT2D eigenvalue weighted by Crippen LogP contribution is -2.16. The summed E-state index contributed by atoms with van der Waals surface area (Å²) in [6.45, 7) is 0.387.